The highest BCUT2D eigenvalue weighted by Gasteiger charge is 2.09. The molecule has 0 spiro atoms. The van der Waals surface area contributed by atoms with Crippen molar-refractivity contribution in [3.8, 4) is 5.75 Å². The lowest BCUT2D eigenvalue weighted by Gasteiger charge is -2.07. The summed E-state index contributed by atoms with van der Waals surface area (Å²) in [6.45, 7) is 0. The number of hydrogen-bond donors (Lipinski definition) is 0. The highest BCUT2D eigenvalue weighted by atomic mass is 16.5. The SMILES string of the molecule is COc1ccccc1CC(=O)n1ccnc1. The summed E-state index contributed by atoms with van der Waals surface area (Å²) in [7, 11) is 1.60. The summed E-state index contributed by atoms with van der Waals surface area (Å²) < 4.78 is 6.65. The average molecular weight is 216 g/mol. The molecule has 1 aromatic heterocycles. The summed E-state index contributed by atoms with van der Waals surface area (Å²) in [5.74, 6) is 0.706. The molecule has 4 nitrogen and oxygen atoms in total. The van der Waals surface area contributed by atoms with Crippen LogP contribution in [-0.4, -0.2) is 22.6 Å². The Morgan fingerprint density at radius 2 is 2.25 bits per heavy atom. The van der Waals surface area contributed by atoms with Crippen LogP contribution in [0.25, 0.3) is 0 Å². The second-order valence-corrected chi connectivity index (χ2v) is 3.35. The molecule has 0 atom stereocenters. The van der Waals surface area contributed by atoms with Gasteiger partial charge < -0.3 is 4.74 Å². The smallest absolute Gasteiger partial charge is 0.236 e. The Balaban J connectivity index is 2.18. The maximum atomic E-state index is 11.8. The summed E-state index contributed by atoms with van der Waals surface area (Å²) >= 11 is 0. The second-order valence-electron chi connectivity index (χ2n) is 3.35. The van der Waals surface area contributed by atoms with Gasteiger partial charge in [-0.3, -0.25) is 9.36 Å². The van der Waals surface area contributed by atoms with Crippen LogP contribution >= 0.6 is 0 Å². The third kappa shape index (κ3) is 2.11. The number of nitrogens with zero attached hydrogens (tertiary/aromatic N) is 2. The molecule has 0 fully saturated rings. The summed E-state index contributed by atoms with van der Waals surface area (Å²) in [6.07, 6.45) is 5.02. The lowest BCUT2D eigenvalue weighted by molar-refractivity contribution is 0.0913. The molecule has 0 unspecified atom stereocenters. The first kappa shape index (κ1) is 10.4. The van der Waals surface area contributed by atoms with Crippen LogP contribution in [0.2, 0.25) is 0 Å². The van der Waals surface area contributed by atoms with Crippen LogP contribution in [0, 0.1) is 0 Å². The second kappa shape index (κ2) is 4.61. The molecule has 1 heterocycles. The summed E-state index contributed by atoms with van der Waals surface area (Å²) in [5.41, 5.74) is 0.878. The maximum Gasteiger partial charge on any atom is 0.236 e. The normalized spacial score (nSPS) is 10.1. The largest absolute Gasteiger partial charge is 0.496 e. The van der Waals surface area contributed by atoms with E-state index in [-0.39, 0.29) is 5.91 Å². The van der Waals surface area contributed by atoms with Gasteiger partial charge in [-0.15, -0.1) is 0 Å². The van der Waals surface area contributed by atoms with E-state index in [1.54, 1.807) is 19.5 Å². The van der Waals surface area contributed by atoms with E-state index in [9.17, 15) is 4.79 Å². The van der Waals surface area contributed by atoms with Gasteiger partial charge in [0.2, 0.25) is 5.91 Å². The molecular weight excluding hydrogens is 204 g/mol. The fourth-order valence-corrected chi connectivity index (χ4v) is 1.51. The molecule has 0 amide bonds. The van der Waals surface area contributed by atoms with Gasteiger partial charge in [-0.2, -0.15) is 0 Å². The van der Waals surface area contributed by atoms with Crippen molar-refractivity contribution in [1.29, 1.82) is 0 Å². The molecule has 0 radical (unpaired) electrons. The van der Waals surface area contributed by atoms with E-state index in [1.807, 2.05) is 24.3 Å². The van der Waals surface area contributed by atoms with Gasteiger partial charge in [0.15, 0.2) is 0 Å². The van der Waals surface area contributed by atoms with Crippen LogP contribution in [0.5, 0.6) is 5.75 Å². The molecule has 82 valence electrons. The van der Waals surface area contributed by atoms with Crippen LogP contribution in [0.1, 0.15) is 10.4 Å². The molecule has 0 saturated carbocycles. The molecule has 2 aromatic rings. The third-order valence-electron chi connectivity index (χ3n) is 2.33. The molecule has 2 rings (SSSR count). The van der Waals surface area contributed by atoms with Gasteiger partial charge in [0.25, 0.3) is 0 Å². The molecule has 0 aliphatic rings. The lowest BCUT2D eigenvalue weighted by Crippen LogP contribution is -2.11. The predicted molar refractivity (Wildman–Crippen MR) is 59.6 cm³/mol. The third-order valence-corrected chi connectivity index (χ3v) is 2.33. The minimum atomic E-state index is -0.0259. The summed E-state index contributed by atoms with van der Waals surface area (Å²) in [5, 5.41) is 0. The van der Waals surface area contributed by atoms with Crippen LogP contribution < -0.4 is 4.74 Å². The van der Waals surface area contributed by atoms with Crippen LogP contribution in [0.15, 0.2) is 43.0 Å². The number of para-hydroxylation sites is 1. The fraction of sp³-hybridized carbons (Fsp3) is 0.167. The quantitative estimate of drug-likeness (QED) is 0.785. The molecule has 0 saturated heterocycles. The highest BCUT2D eigenvalue weighted by Crippen LogP contribution is 2.18. The zero-order valence-electron chi connectivity index (χ0n) is 8.96. The van der Waals surface area contributed by atoms with E-state index in [2.05, 4.69) is 4.98 Å². The number of aromatic nitrogens is 2. The van der Waals surface area contributed by atoms with Crippen molar-refractivity contribution in [2.24, 2.45) is 0 Å². The van der Waals surface area contributed by atoms with E-state index < -0.39 is 0 Å². The molecule has 0 bridgehead atoms. The number of imidazole rings is 1. The van der Waals surface area contributed by atoms with Gasteiger partial charge in [-0.05, 0) is 6.07 Å². The van der Waals surface area contributed by atoms with Gasteiger partial charge in [0.1, 0.15) is 12.1 Å². The average Bonchev–Trinajstić information content (AvgIpc) is 2.83. The van der Waals surface area contributed by atoms with Gasteiger partial charge in [0, 0.05) is 18.0 Å². The zero-order chi connectivity index (χ0) is 11.4. The van der Waals surface area contributed by atoms with Gasteiger partial charge >= 0.3 is 0 Å². The van der Waals surface area contributed by atoms with Crippen molar-refractivity contribution in [3.63, 3.8) is 0 Å². The molecule has 0 aliphatic carbocycles. The maximum absolute atomic E-state index is 11.8. The molecule has 16 heavy (non-hydrogen) atoms. The Bertz CT molecular complexity index is 478. The Morgan fingerprint density at radius 1 is 1.44 bits per heavy atom. The van der Waals surface area contributed by atoms with Gasteiger partial charge in [-0.1, -0.05) is 18.2 Å². The van der Waals surface area contributed by atoms with E-state index in [0.29, 0.717) is 6.42 Å². The van der Waals surface area contributed by atoms with Gasteiger partial charge in [-0.25, -0.2) is 4.98 Å². The first-order valence-electron chi connectivity index (χ1n) is 4.94. The minimum Gasteiger partial charge on any atom is -0.496 e. The highest BCUT2D eigenvalue weighted by molar-refractivity contribution is 5.81. The first-order valence-corrected chi connectivity index (χ1v) is 4.94. The molecule has 0 aliphatic heterocycles. The number of hydrogen-bond acceptors (Lipinski definition) is 3. The number of ether oxygens (including phenoxy) is 1. The zero-order valence-corrected chi connectivity index (χ0v) is 8.96. The Labute approximate surface area is 93.5 Å². The van der Waals surface area contributed by atoms with E-state index in [1.165, 1.54) is 10.9 Å². The molecular formula is C12H12N2O2. The minimum absolute atomic E-state index is 0.0259. The van der Waals surface area contributed by atoms with Crippen molar-refractivity contribution < 1.29 is 9.53 Å². The van der Waals surface area contributed by atoms with E-state index in [4.69, 9.17) is 4.74 Å². The Hall–Kier alpha value is -2.10. The first-order chi connectivity index (χ1) is 7.81. The number of carbonyl (C=O) groups is 1. The molecule has 4 heteroatoms. The van der Waals surface area contributed by atoms with Crippen molar-refractivity contribution >= 4 is 5.91 Å². The summed E-state index contributed by atoms with van der Waals surface area (Å²) in [6, 6.07) is 7.49. The van der Waals surface area contributed by atoms with E-state index in [0.717, 1.165) is 11.3 Å². The number of methoxy groups -OCH3 is 1. The van der Waals surface area contributed by atoms with Crippen molar-refractivity contribution in [2.75, 3.05) is 7.11 Å². The number of benzene rings is 1. The van der Waals surface area contributed by atoms with Crippen LogP contribution in [-0.2, 0) is 6.42 Å². The van der Waals surface area contributed by atoms with Crippen molar-refractivity contribution in [2.45, 2.75) is 6.42 Å². The summed E-state index contributed by atoms with van der Waals surface area (Å²) in [4.78, 5) is 15.6. The lowest BCUT2D eigenvalue weighted by atomic mass is 10.1. The van der Waals surface area contributed by atoms with Gasteiger partial charge in [0.05, 0.1) is 13.5 Å². The number of rotatable bonds is 3. The van der Waals surface area contributed by atoms with Crippen LogP contribution in [0.3, 0.4) is 0 Å². The topological polar surface area (TPSA) is 44.1 Å². The Morgan fingerprint density at radius 3 is 2.94 bits per heavy atom. The van der Waals surface area contributed by atoms with Crippen molar-refractivity contribution in [3.05, 3.63) is 48.5 Å². The molecule has 0 N–H and O–H groups in total. The monoisotopic (exact) mass is 216 g/mol. The molecule has 1 aromatic carbocycles. The fourth-order valence-electron chi connectivity index (χ4n) is 1.51. The standard InChI is InChI=1S/C12H12N2O2/c1-16-11-5-3-2-4-10(11)8-12(15)14-7-6-13-9-14/h2-7,9H,8H2,1H3. The number of carbonyl (C=O) groups excluding carboxylic acids is 1. The van der Waals surface area contributed by atoms with Crippen LogP contribution in [0.4, 0.5) is 0 Å². The van der Waals surface area contributed by atoms with Crippen molar-refractivity contribution in [1.82, 2.24) is 9.55 Å². The van der Waals surface area contributed by atoms with E-state index >= 15 is 0 Å². The Kier molecular flexibility index (Phi) is 3.00. The predicted octanol–water partition coefficient (Wildman–Crippen LogP) is 1.77.